The molecule has 0 aromatic heterocycles. The van der Waals surface area contributed by atoms with Gasteiger partial charge in [-0.25, -0.2) is 0 Å². The summed E-state index contributed by atoms with van der Waals surface area (Å²) in [4.78, 5) is 0. The topological polar surface area (TPSA) is 0 Å². The molecule has 2 radical (unpaired) electrons. The summed E-state index contributed by atoms with van der Waals surface area (Å²) in [6.07, 6.45) is 0. The molecule has 0 heterocycles. The molecular formula is C14H30Ge2. The first-order valence-corrected chi connectivity index (χ1v) is 15.8. The van der Waals surface area contributed by atoms with Gasteiger partial charge in [0, 0.05) is 0 Å². The third kappa shape index (κ3) is 6.53. The fourth-order valence-electron chi connectivity index (χ4n) is 2.05. The molecule has 0 saturated carbocycles. The Labute approximate surface area is 112 Å². The first-order valence-electron chi connectivity index (χ1n) is 6.91. The van der Waals surface area contributed by atoms with Crippen LogP contribution in [0.1, 0.15) is 41.5 Å². The van der Waals surface area contributed by atoms with E-state index in [0.29, 0.717) is 0 Å². The van der Waals surface area contributed by atoms with Crippen LogP contribution in [0.3, 0.4) is 0 Å². The molecule has 16 heavy (non-hydrogen) atoms. The van der Waals surface area contributed by atoms with E-state index in [0.717, 1.165) is 0 Å². The van der Waals surface area contributed by atoms with Crippen LogP contribution in [-0.2, 0) is 0 Å². The number of allylic oxidation sites excluding steroid dienone is 2. The van der Waals surface area contributed by atoms with Crippen LogP contribution in [0.2, 0.25) is 31.5 Å². The number of rotatable bonds is 8. The van der Waals surface area contributed by atoms with Gasteiger partial charge in [0.05, 0.1) is 0 Å². The van der Waals surface area contributed by atoms with Gasteiger partial charge >= 0.3 is 113 Å². The van der Waals surface area contributed by atoms with E-state index in [2.05, 4.69) is 41.5 Å². The average Bonchev–Trinajstić information content (AvgIpc) is 2.32. The predicted molar refractivity (Wildman–Crippen MR) is 81.4 cm³/mol. The predicted octanol–water partition coefficient (Wildman–Crippen LogP) is 5.39. The van der Waals surface area contributed by atoms with Crippen molar-refractivity contribution in [2.24, 2.45) is 0 Å². The Hall–Kier alpha value is 0.826. The van der Waals surface area contributed by atoms with E-state index in [1.807, 2.05) is 0 Å². The van der Waals surface area contributed by atoms with Crippen molar-refractivity contribution >= 4 is 28.7 Å². The second-order valence-electron chi connectivity index (χ2n) is 4.83. The molecule has 0 atom stereocenters. The summed E-state index contributed by atoms with van der Waals surface area (Å²) < 4.78 is 0. The van der Waals surface area contributed by atoms with Gasteiger partial charge in [-0.3, -0.25) is 0 Å². The molecule has 0 N–H and O–H groups in total. The van der Waals surface area contributed by atoms with E-state index in [4.69, 9.17) is 0 Å². The Morgan fingerprint density at radius 3 is 1.06 bits per heavy atom. The molecule has 0 unspecified atom stereocenters. The van der Waals surface area contributed by atoms with Crippen LogP contribution in [0.15, 0.2) is 11.1 Å². The molecule has 0 amide bonds. The van der Waals surface area contributed by atoms with Gasteiger partial charge in [0.25, 0.3) is 0 Å². The molecule has 0 bridgehead atoms. The SMILES string of the molecule is C[CH2][Ge]([CH2]C)[CH2]C(C)=C(C)[CH2][Ge]([CH2]C)[CH2]C. The summed E-state index contributed by atoms with van der Waals surface area (Å²) in [6.45, 7) is 14.4. The maximum atomic E-state index is 2.41. The summed E-state index contributed by atoms with van der Waals surface area (Å²) >= 11 is -1.35. The van der Waals surface area contributed by atoms with E-state index < -0.39 is 28.7 Å². The van der Waals surface area contributed by atoms with Gasteiger partial charge in [0.15, 0.2) is 0 Å². The van der Waals surface area contributed by atoms with Gasteiger partial charge in [-0.1, -0.05) is 0 Å². The molecule has 0 aliphatic heterocycles. The van der Waals surface area contributed by atoms with Crippen LogP contribution in [0.5, 0.6) is 0 Å². The van der Waals surface area contributed by atoms with Crippen molar-refractivity contribution in [3.63, 3.8) is 0 Å². The Kier molecular flexibility index (Phi) is 10.3. The first-order chi connectivity index (χ1) is 7.58. The van der Waals surface area contributed by atoms with Crippen molar-refractivity contribution in [3.8, 4) is 0 Å². The minimum atomic E-state index is -0.674. The molecular weight excluding hydrogens is 313 g/mol. The average molecular weight is 344 g/mol. The van der Waals surface area contributed by atoms with Gasteiger partial charge < -0.3 is 0 Å². The standard InChI is InChI=1S/C14H30Ge2/c1-7-15(8-2)11-13(5)14(6)12-16(9-3)10-4/h7-12H2,1-6H3. The molecule has 2 heteroatoms. The third-order valence-corrected chi connectivity index (χ3v) is 16.5. The molecule has 0 aromatic carbocycles. The maximum absolute atomic E-state index is 2.41. The van der Waals surface area contributed by atoms with Crippen molar-refractivity contribution in [1.29, 1.82) is 0 Å². The quantitative estimate of drug-likeness (QED) is 0.409. The normalized spacial score (nSPS) is 13.5. The van der Waals surface area contributed by atoms with Gasteiger partial charge in [0.2, 0.25) is 0 Å². The third-order valence-electron chi connectivity index (χ3n) is 3.76. The van der Waals surface area contributed by atoms with Crippen LogP contribution >= 0.6 is 0 Å². The summed E-state index contributed by atoms with van der Waals surface area (Å²) in [7, 11) is 0. The summed E-state index contributed by atoms with van der Waals surface area (Å²) in [5.74, 6) is 0. The van der Waals surface area contributed by atoms with E-state index >= 15 is 0 Å². The van der Waals surface area contributed by atoms with E-state index in [-0.39, 0.29) is 0 Å². The molecule has 0 saturated heterocycles. The Balaban J connectivity index is 4.33. The Morgan fingerprint density at radius 1 is 0.625 bits per heavy atom. The Morgan fingerprint density at radius 2 is 0.875 bits per heavy atom. The second kappa shape index (κ2) is 9.82. The second-order valence-corrected chi connectivity index (χ2v) is 18.5. The van der Waals surface area contributed by atoms with Crippen molar-refractivity contribution in [3.05, 3.63) is 11.1 Å². The summed E-state index contributed by atoms with van der Waals surface area (Å²) in [5.41, 5.74) is 3.54. The minimum absolute atomic E-state index is 0.674. The van der Waals surface area contributed by atoms with E-state index in [1.54, 1.807) is 11.1 Å². The van der Waals surface area contributed by atoms with Gasteiger partial charge in [0.1, 0.15) is 0 Å². The van der Waals surface area contributed by atoms with Crippen LogP contribution in [0.4, 0.5) is 0 Å². The molecule has 0 fully saturated rings. The summed E-state index contributed by atoms with van der Waals surface area (Å²) in [6, 6.07) is 0. The summed E-state index contributed by atoms with van der Waals surface area (Å²) in [5, 5.41) is 9.05. The molecule has 0 rings (SSSR count). The fourth-order valence-corrected chi connectivity index (χ4v) is 10.7. The zero-order chi connectivity index (χ0) is 12.6. The molecule has 0 aliphatic carbocycles. The molecule has 0 aliphatic rings. The zero-order valence-corrected chi connectivity index (χ0v) is 16.4. The van der Waals surface area contributed by atoms with Crippen LogP contribution in [0, 0.1) is 0 Å². The first kappa shape index (κ1) is 16.8. The van der Waals surface area contributed by atoms with Gasteiger partial charge in [-0.05, 0) is 0 Å². The van der Waals surface area contributed by atoms with Crippen molar-refractivity contribution < 1.29 is 0 Å². The van der Waals surface area contributed by atoms with Crippen LogP contribution < -0.4 is 0 Å². The van der Waals surface area contributed by atoms with Crippen molar-refractivity contribution in [2.45, 2.75) is 73.1 Å². The molecule has 0 aromatic rings. The zero-order valence-electron chi connectivity index (χ0n) is 12.2. The molecule has 0 nitrogen and oxygen atoms in total. The van der Waals surface area contributed by atoms with E-state index in [1.165, 1.54) is 31.5 Å². The van der Waals surface area contributed by atoms with E-state index in [9.17, 15) is 0 Å². The van der Waals surface area contributed by atoms with Gasteiger partial charge in [-0.2, -0.15) is 0 Å². The van der Waals surface area contributed by atoms with Crippen molar-refractivity contribution in [1.82, 2.24) is 0 Å². The fraction of sp³-hybridized carbons (Fsp3) is 0.857. The number of hydrogen-bond acceptors (Lipinski definition) is 0. The number of hydrogen-bond donors (Lipinski definition) is 0. The van der Waals surface area contributed by atoms with Crippen LogP contribution in [0.25, 0.3) is 0 Å². The molecule has 94 valence electrons. The Bertz CT molecular complexity index is 179. The van der Waals surface area contributed by atoms with Crippen LogP contribution in [-0.4, -0.2) is 28.7 Å². The molecule has 0 spiro atoms. The van der Waals surface area contributed by atoms with Gasteiger partial charge in [-0.15, -0.1) is 0 Å². The van der Waals surface area contributed by atoms with Crippen molar-refractivity contribution in [2.75, 3.05) is 0 Å². The monoisotopic (exact) mass is 346 g/mol.